The van der Waals surface area contributed by atoms with Crippen LogP contribution in [-0.4, -0.2) is 22.9 Å². The van der Waals surface area contributed by atoms with Crippen molar-refractivity contribution in [3.05, 3.63) is 83.4 Å². The van der Waals surface area contributed by atoms with Gasteiger partial charge in [-0.25, -0.2) is 13.6 Å². The van der Waals surface area contributed by atoms with Gasteiger partial charge in [0.1, 0.15) is 0 Å². The molecule has 7 nitrogen and oxygen atoms in total. The topological polar surface area (TPSA) is 119 Å². The lowest BCUT2D eigenvalue weighted by atomic mass is 10.0. The van der Waals surface area contributed by atoms with Crippen molar-refractivity contribution in [2.45, 2.75) is 6.42 Å². The highest BCUT2D eigenvalue weighted by molar-refractivity contribution is 6.12. The summed E-state index contributed by atoms with van der Waals surface area (Å²) in [6.45, 7) is 0. The van der Waals surface area contributed by atoms with Gasteiger partial charge >= 0.3 is 6.09 Å². The summed E-state index contributed by atoms with van der Waals surface area (Å²) in [6, 6.07) is 15.2. The van der Waals surface area contributed by atoms with Gasteiger partial charge in [-0.1, -0.05) is 30.3 Å². The van der Waals surface area contributed by atoms with Crippen LogP contribution < -0.4 is 10.6 Å². The van der Waals surface area contributed by atoms with Gasteiger partial charge in [0.25, 0.3) is 0 Å². The van der Waals surface area contributed by atoms with E-state index < -0.39 is 35.8 Å². The summed E-state index contributed by atoms with van der Waals surface area (Å²) in [7, 11) is 0. The Labute approximate surface area is 180 Å². The number of nitrogens with zero attached hydrogens (tertiary/aromatic N) is 1. The Kier molecular flexibility index (Phi) is 6.56. The van der Waals surface area contributed by atoms with Crippen LogP contribution in [-0.2, 0) is 4.79 Å². The van der Waals surface area contributed by atoms with Gasteiger partial charge in [-0.15, -0.1) is 0 Å². The summed E-state index contributed by atoms with van der Waals surface area (Å²) >= 11 is 0. The third-order valence-electron chi connectivity index (χ3n) is 4.43. The van der Waals surface area contributed by atoms with E-state index in [1.807, 2.05) is 6.07 Å². The maximum Gasteiger partial charge on any atom is 0.409 e. The molecule has 0 fully saturated rings. The average molecular weight is 435 g/mol. The van der Waals surface area contributed by atoms with Crippen LogP contribution >= 0.6 is 0 Å². The number of carboxylic acid groups (broad SMARTS) is 1. The number of rotatable bonds is 6. The molecule has 0 bridgehead atoms. The number of nitrogens with one attached hydrogen (secondary N) is 2. The molecular weight excluding hydrogens is 420 g/mol. The number of hydrogen-bond donors (Lipinski definition) is 3. The monoisotopic (exact) mass is 435 g/mol. The Morgan fingerprint density at radius 1 is 0.938 bits per heavy atom. The lowest BCUT2D eigenvalue weighted by molar-refractivity contribution is -0.115. The van der Waals surface area contributed by atoms with Gasteiger partial charge in [0.2, 0.25) is 5.91 Å². The molecule has 3 rings (SSSR count). The number of ketones is 1. The third-order valence-corrected chi connectivity index (χ3v) is 4.43. The lowest BCUT2D eigenvalue weighted by Gasteiger charge is -2.13. The minimum Gasteiger partial charge on any atom is -0.465 e. The molecule has 2 amide bonds. The first-order valence-electron chi connectivity index (χ1n) is 9.20. The van der Waals surface area contributed by atoms with E-state index in [-0.39, 0.29) is 33.6 Å². The lowest BCUT2D eigenvalue weighted by Crippen LogP contribution is -2.18. The zero-order valence-corrected chi connectivity index (χ0v) is 16.4. The molecule has 0 saturated carbocycles. The number of carbonyl (C=O) groups excluding carboxylic acids is 2. The first kappa shape index (κ1) is 22.1. The van der Waals surface area contributed by atoms with E-state index in [1.165, 1.54) is 54.6 Å². The maximum absolute atomic E-state index is 14.2. The summed E-state index contributed by atoms with van der Waals surface area (Å²) in [5.74, 6) is -3.48. The van der Waals surface area contributed by atoms with Crippen LogP contribution in [0.2, 0.25) is 0 Å². The number of hydrogen-bond acceptors (Lipinski definition) is 4. The predicted octanol–water partition coefficient (Wildman–Crippen LogP) is 4.80. The molecule has 160 valence electrons. The fourth-order valence-corrected chi connectivity index (χ4v) is 2.97. The summed E-state index contributed by atoms with van der Waals surface area (Å²) in [5, 5.41) is 22.5. The highest BCUT2D eigenvalue weighted by Gasteiger charge is 2.17. The molecule has 0 aliphatic carbocycles. The van der Waals surface area contributed by atoms with Gasteiger partial charge in [-0.05, 0) is 35.9 Å². The van der Waals surface area contributed by atoms with Crippen molar-refractivity contribution in [2.75, 3.05) is 10.6 Å². The van der Waals surface area contributed by atoms with E-state index in [2.05, 4.69) is 10.6 Å². The minimum absolute atomic E-state index is 0.0228. The molecule has 3 aromatic carbocycles. The zero-order chi connectivity index (χ0) is 23.3. The van der Waals surface area contributed by atoms with E-state index in [9.17, 15) is 23.2 Å². The Morgan fingerprint density at radius 3 is 2.41 bits per heavy atom. The van der Waals surface area contributed by atoms with Crippen LogP contribution in [0.1, 0.15) is 22.3 Å². The molecule has 3 aromatic rings. The number of nitriles is 1. The van der Waals surface area contributed by atoms with Crippen molar-refractivity contribution >= 4 is 29.2 Å². The van der Waals surface area contributed by atoms with Crippen LogP contribution in [0.25, 0.3) is 11.1 Å². The normalized spacial score (nSPS) is 10.2. The molecular formula is C23H15F2N3O4. The molecule has 0 radical (unpaired) electrons. The third kappa shape index (κ3) is 5.12. The second-order valence-electron chi connectivity index (χ2n) is 6.63. The van der Waals surface area contributed by atoms with Crippen LogP contribution in [0.15, 0.2) is 60.7 Å². The van der Waals surface area contributed by atoms with Gasteiger partial charge in [-0.2, -0.15) is 5.26 Å². The minimum atomic E-state index is -1.41. The highest BCUT2D eigenvalue weighted by atomic mass is 19.2. The molecule has 0 heterocycles. The molecule has 0 saturated heterocycles. The Balaban J connectivity index is 1.88. The van der Waals surface area contributed by atoms with E-state index in [0.717, 1.165) is 6.07 Å². The molecule has 9 heteroatoms. The first-order chi connectivity index (χ1) is 15.3. The number of anilines is 2. The summed E-state index contributed by atoms with van der Waals surface area (Å²) < 4.78 is 27.8. The zero-order valence-electron chi connectivity index (χ0n) is 16.4. The van der Waals surface area contributed by atoms with Gasteiger partial charge in [0.15, 0.2) is 17.4 Å². The van der Waals surface area contributed by atoms with E-state index in [0.29, 0.717) is 0 Å². The first-order valence-corrected chi connectivity index (χ1v) is 9.20. The molecule has 0 unspecified atom stereocenters. The summed E-state index contributed by atoms with van der Waals surface area (Å²) in [5.41, 5.74) is 0.447. The fraction of sp³-hybridized carbons (Fsp3) is 0.0435. The second kappa shape index (κ2) is 9.49. The van der Waals surface area contributed by atoms with E-state index in [4.69, 9.17) is 10.4 Å². The largest absolute Gasteiger partial charge is 0.465 e. The van der Waals surface area contributed by atoms with Crippen LogP contribution in [0.3, 0.4) is 0 Å². The van der Waals surface area contributed by atoms with Gasteiger partial charge in [0.05, 0.1) is 29.4 Å². The van der Waals surface area contributed by atoms with Gasteiger partial charge in [0, 0.05) is 11.1 Å². The quantitative estimate of drug-likeness (QED) is 0.379. The Morgan fingerprint density at radius 2 is 1.69 bits per heavy atom. The SMILES string of the molecule is N#Cc1cccc(C(=O)CC(=O)Nc2cc(-c3cccc(F)c3F)ccc2NC(=O)O)c1. The van der Waals surface area contributed by atoms with Gasteiger partial charge < -0.3 is 10.4 Å². The molecule has 0 spiro atoms. The van der Waals surface area contributed by atoms with Crippen molar-refractivity contribution in [2.24, 2.45) is 0 Å². The Bertz CT molecular complexity index is 1270. The number of Topliss-reactive ketones (excluding diaryl/α,β-unsaturated/α-hetero) is 1. The number of amides is 2. The molecule has 0 aliphatic rings. The van der Waals surface area contributed by atoms with Crippen molar-refractivity contribution in [3.8, 4) is 17.2 Å². The highest BCUT2D eigenvalue weighted by Crippen LogP contribution is 2.31. The second-order valence-corrected chi connectivity index (χ2v) is 6.63. The number of benzene rings is 3. The summed E-state index contributed by atoms with van der Waals surface area (Å²) in [6.07, 6.45) is -1.99. The number of halogens is 2. The molecule has 0 aliphatic heterocycles. The standard InChI is InChI=1S/C23H15F2N3O4/c24-17-6-2-5-16(22(17)25)14-7-8-18(28-23(31)32)19(10-14)27-21(30)11-20(29)15-4-1-3-13(9-15)12-26/h1-10,28H,11H2,(H,27,30)(H,31,32). The van der Waals surface area contributed by atoms with Crippen LogP contribution in [0.5, 0.6) is 0 Å². The summed E-state index contributed by atoms with van der Waals surface area (Å²) in [4.78, 5) is 35.9. The predicted molar refractivity (Wildman–Crippen MR) is 112 cm³/mol. The van der Waals surface area contributed by atoms with E-state index in [1.54, 1.807) is 0 Å². The average Bonchev–Trinajstić information content (AvgIpc) is 2.76. The van der Waals surface area contributed by atoms with Crippen molar-refractivity contribution in [3.63, 3.8) is 0 Å². The smallest absolute Gasteiger partial charge is 0.409 e. The van der Waals surface area contributed by atoms with Gasteiger partial charge in [-0.3, -0.25) is 14.9 Å². The molecule has 3 N–H and O–H groups in total. The van der Waals surface area contributed by atoms with Crippen molar-refractivity contribution < 1.29 is 28.3 Å². The fourth-order valence-electron chi connectivity index (χ4n) is 2.97. The molecule has 0 atom stereocenters. The van der Waals surface area contributed by atoms with Crippen molar-refractivity contribution in [1.82, 2.24) is 0 Å². The molecule has 0 aromatic heterocycles. The Hall–Kier alpha value is -4.58. The molecule has 32 heavy (non-hydrogen) atoms. The van der Waals surface area contributed by atoms with Crippen LogP contribution in [0, 0.1) is 23.0 Å². The number of carbonyl (C=O) groups is 3. The van der Waals surface area contributed by atoms with E-state index >= 15 is 0 Å². The maximum atomic E-state index is 14.2. The van der Waals surface area contributed by atoms with Crippen molar-refractivity contribution in [1.29, 1.82) is 5.26 Å². The van der Waals surface area contributed by atoms with Crippen LogP contribution in [0.4, 0.5) is 25.0 Å².